The molecule has 0 saturated carbocycles. The molecule has 1 fully saturated rings. The van der Waals surface area contributed by atoms with Gasteiger partial charge in [0.15, 0.2) is 6.04 Å². The number of carbonyl (C=O) groups is 5. The van der Waals surface area contributed by atoms with Crippen molar-refractivity contribution in [3.63, 3.8) is 0 Å². The molecule has 1 saturated heterocycles. The summed E-state index contributed by atoms with van der Waals surface area (Å²) in [6.07, 6.45) is 4.86. The minimum Gasteiger partial charge on any atom is -0.467 e. The number of aliphatic hydroxyl groups excluding tert-OH is 1. The summed E-state index contributed by atoms with van der Waals surface area (Å²) in [7, 11) is 1.11. The first-order valence-electron chi connectivity index (χ1n) is 11.6. The Kier molecular flexibility index (Phi) is 13.3. The number of hydrogen-bond donors (Lipinski definition) is 3. The van der Waals surface area contributed by atoms with Crippen LogP contribution in [0, 0.1) is 11.8 Å². The quantitative estimate of drug-likeness (QED) is 0.164. The second-order valence-corrected chi connectivity index (χ2v) is 8.40. The van der Waals surface area contributed by atoms with E-state index in [-0.39, 0.29) is 31.8 Å². The van der Waals surface area contributed by atoms with E-state index in [4.69, 9.17) is 14.6 Å². The highest BCUT2D eigenvalue weighted by Crippen LogP contribution is 2.17. The van der Waals surface area contributed by atoms with Crippen LogP contribution in [-0.2, 0) is 33.4 Å². The van der Waals surface area contributed by atoms with Crippen LogP contribution < -0.4 is 10.6 Å². The lowest BCUT2D eigenvalue weighted by Crippen LogP contribution is -2.51. The zero-order chi connectivity index (χ0) is 26.4. The van der Waals surface area contributed by atoms with Crippen LogP contribution >= 0.6 is 0 Å². The third-order valence-electron chi connectivity index (χ3n) is 5.56. The number of methoxy groups -OCH3 is 1. The van der Waals surface area contributed by atoms with Crippen LogP contribution in [-0.4, -0.2) is 85.2 Å². The summed E-state index contributed by atoms with van der Waals surface area (Å²) in [5.41, 5.74) is 0. The molecule has 35 heavy (non-hydrogen) atoms. The number of ether oxygens (including phenoxy) is 2. The molecule has 0 aliphatic carbocycles. The van der Waals surface area contributed by atoms with Gasteiger partial charge in [0.2, 0.25) is 17.7 Å². The Morgan fingerprint density at radius 1 is 1.00 bits per heavy atom. The van der Waals surface area contributed by atoms with Crippen LogP contribution in [0.2, 0.25) is 0 Å². The van der Waals surface area contributed by atoms with Crippen molar-refractivity contribution >= 4 is 29.7 Å². The van der Waals surface area contributed by atoms with Crippen molar-refractivity contribution in [2.45, 2.75) is 51.1 Å². The summed E-state index contributed by atoms with van der Waals surface area (Å²) in [4.78, 5) is 64.2. The van der Waals surface area contributed by atoms with Gasteiger partial charge in [-0.3, -0.25) is 19.2 Å². The molecule has 1 heterocycles. The summed E-state index contributed by atoms with van der Waals surface area (Å²) in [5, 5.41) is 14.0. The molecule has 0 aromatic carbocycles. The van der Waals surface area contributed by atoms with E-state index in [1.165, 1.54) is 12.2 Å². The fourth-order valence-electron chi connectivity index (χ4n) is 3.53. The largest absolute Gasteiger partial charge is 0.467 e. The number of nitrogens with zero attached hydrogens (tertiary/aromatic N) is 1. The molecule has 3 N–H and O–H groups in total. The Bertz CT molecular complexity index is 779. The number of likely N-dealkylation sites (tertiary alicyclic amines) is 1. The van der Waals surface area contributed by atoms with Crippen LogP contribution in [0.25, 0.3) is 0 Å². The predicted octanol–water partition coefficient (Wildman–Crippen LogP) is 0.0815. The van der Waals surface area contributed by atoms with Crippen molar-refractivity contribution in [2.75, 3.05) is 33.4 Å². The van der Waals surface area contributed by atoms with Crippen LogP contribution in [0.4, 0.5) is 0 Å². The maximum Gasteiger partial charge on any atom is 0.331 e. The number of esters is 2. The first-order valence-corrected chi connectivity index (χ1v) is 11.6. The van der Waals surface area contributed by atoms with Crippen LogP contribution in [0.5, 0.6) is 0 Å². The Labute approximate surface area is 205 Å². The van der Waals surface area contributed by atoms with Crippen LogP contribution in [0.15, 0.2) is 25.3 Å². The smallest absolute Gasteiger partial charge is 0.331 e. The third kappa shape index (κ3) is 9.89. The van der Waals surface area contributed by atoms with Crippen LogP contribution in [0.3, 0.4) is 0 Å². The monoisotopic (exact) mass is 495 g/mol. The summed E-state index contributed by atoms with van der Waals surface area (Å²) in [6, 6.07) is -1.95. The number of allylic oxidation sites excluding steroid dienone is 2. The van der Waals surface area contributed by atoms with E-state index in [0.717, 1.165) is 20.0 Å². The van der Waals surface area contributed by atoms with E-state index >= 15 is 0 Å². The lowest BCUT2D eigenvalue weighted by molar-refractivity contribution is -0.157. The second kappa shape index (κ2) is 15.6. The van der Waals surface area contributed by atoms with Gasteiger partial charge in [-0.1, -0.05) is 12.2 Å². The molecule has 3 amide bonds. The maximum absolute atomic E-state index is 12.8. The Balaban J connectivity index is 2.83. The van der Waals surface area contributed by atoms with E-state index in [9.17, 15) is 24.0 Å². The van der Waals surface area contributed by atoms with Crippen molar-refractivity contribution in [2.24, 2.45) is 11.8 Å². The number of rotatable bonds is 15. The number of aliphatic hydroxyl groups is 1. The Morgan fingerprint density at radius 2 is 1.60 bits per heavy atom. The number of carbonyl (C=O) groups excluding carboxylic acids is 5. The molecule has 1 aliphatic heterocycles. The van der Waals surface area contributed by atoms with Gasteiger partial charge in [-0.2, -0.15) is 0 Å². The van der Waals surface area contributed by atoms with Gasteiger partial charge < -0.3 is 30.1 Å². The minimum absolute atomic E-state index is 0.0243. The van der Waals surface area contributed by atoms with Gasteiger partial charge in [0.1, 0.15) is 12.5 Å². The average molecular weight is 496 g/mol. The van der Waals surface area contributed by atoms with E-state index in [1.54, 1.807) is 11.8 Å². The molecule has 0 radical (unpaired) electrons. The van der Waals surface area contributed by atoms with E-state index in [2.05, 4.69) is 23.8 Å². The molecule has 11 heteroatoms. The Hall–Kier alpha value is -3.21. The van der Waals surface area contributed by atoms with E-state index in [0.29, 0.717) is 13.1 Å². The van der Waals surface area contributed by atoms with Gasteiger partial charge in [0.25, 0.3) is 0 Å². The number of amides is 3. The lowest BCUT2D eigenvalue weighted by atomic mass is 10.0. The highest BCUT2D eigenvalue weighted by molar-refractivity contribution is 6.01. The maximum atomic E-state index is 12.8. The molecule has 0 bridgehead atoms. The minimum atomic E-state index is -1.37. The number of hydrogen-bond acceptors (Lipinski definition) is 8. The van der Waals surface area contributed by atoms with E-state index in [1.807, 2.05) is 0 Å². The van der Waals surface area contributed by atoms with Crippen LogP contribution in [0.1, 0.15) is 39.0 Å². The zero-order valence-electron chi connectivity index (χ0n) is 20.5. The van der Waals surface area contributed by atoms with Gasteiger partial charge >= 0.3 is 11.9 Å². The zero-order valence-corrected chi connectivity index (χ0v) is 20.5. The van der Waals surface area contributed by atoms with Gasteiger partial charge in [0.05, 0.1) is 19.6 Å². The van der Waals surface area contributed by atoms with Gasteiger partial charge in [-0.05, 0) is 32.6 Å². The first-order chi connectivity index (χ1) is 16.7. The third-order valence-corrected chi connectivity index (χ3v) is 5.56. The lowest BCUT2D eigenvalue weighted by Gasteiger charge is -2.23. The molecule has 4 atom stereocenters. The van der Waals surface area contributed by atoms with Gasteiger partial charge in [-0.25, -0.2) is 4.79 Å². The second-order valence-electron chi connectivity index (χ2n) is 8.40. The topological polar surface area (TPSA) is 151 Å². The van der Waals surface area contributed by atoms with Crippen molar-refractivity contribution in [3.05, 3.63) is 25.3 Å². The van der Waals surface area contributed by atoms with Gasteiger partial charge in [0, 0.05) is 25.6 Å². The Morgan fingerprint density at radius 3 is 2.14 bits per heavy atom. The molecule has 1 rings (SSSR count). The van der Waals surface area contributed by atoms with Gasteiger partial charge in [-0.15, -0.1) is 13.2 Å². The average Bonchev–Trinajstić information content (AvgIpc) is 3.38. The summed E-state index contributed by atoms with van der Waals surface area (Å²) >= 11 is 0. The first kappa shape index (κ1) is 29.8. The molecule has 196 valence electrons. The molecular formula is C24H37N3O8. The number of nitrogens with one attached hydrogen (secondary N) is 2. The molecule has 1 unspecified atom stereocenters. The fraction of sp³-hybridized carbons (Fsp3) is 0.625. The van der Waals surface area contributed by atoms with Crippen molar-refractivity contribution < 1.29 is 38.6 Å². The standard InChI is InChI=1S/C24H37N3O8/c1-5-9-17(13-20(29)27-11-7-8-12-27)23(32)35-15-19(24(33)34-4)26-22(31)18(10-6-2)21(30)25-16(3)14-28/h5-6,16-19,28H,1-2,7-15H2,3-4H3,(H,25,30)(H,26,31)/t16-,17-,18?,19+/m0/s1. The van der Waals surface area contributed by atoms with E-state index < -0.39 is 54.3 Å². The predicted molar refractivity (Wildman–Crippen MR) is 127 cm³/mol. The highest BCUT2D eigenvalue weighted by Gasteiger charge is 2.32. The molecule has 1 aliphatic rings. The summed E-state index contributed by atoms with van der Waals surface area (Å²) in [6.45, 7) is 9.16. The fourth-order valence-corrected chi connectivity index (χ4v) is 3.53. The van der Waals surface area contributed by atoms with Crippen molar-refractivity contribution in [1.29, 1.82) is 0 Å². The molecule has 0 spiro atoms. The molecular weight excluding hydrogens is 458 g/mol. The van der Waals surface area contributed by atoms with Crippen molar-refractivity contribution in [3.8, 4) is 0 Å². The SMILES string of the molecule is C=CCC(C(=O)N[C@@H](C)CO)C(=O)N[C@H](COC(=O)[C@@H](CC=C)CC(=O)N1CCCC1)C(=O)OC. The molecule has 0 aromatic heterocycles. The molecule has 0 aromatic rings. The summed E-state index contributed by atoms with van der Waals surface area (Å²) < 4.78 is 9.95. The highest BCUT2D eigenvalue weighted by atomic mass is 16.5. The summed E-state index contributed by atoms with van der Waals surface area (Å²) in [5.74, 6) is -5.20. The normalized spacial score (nSPS) is 16.3. The molecule has 11 nitrogen and oxygen atoms in total. The van der Waals surface area contributed by atoms with Crippen molar-refractivity contribution in [1.82, 2.24) is 15.5 Å².